The van der Waals surface area contributed by atoms with Crippen LogP contribution in [0, 0.1) is 0 Å². The Morgan fingerprint density at radius 2 is 2.18 bits per heavy atom. The molecule has 1 saturated heterocycles. The van der Waals surface area contributed by atoms with Crippen molar-refractivity contribution in [2.45, 2.75) is 5.92 Å². The van der Waals surface area contributed by atoms with E-state index in [0.29, 0.717) is 11.7 Å². The zero-order valence-corrected chi connectivity index (χ0v) is 9.76. The molecule has 2 aromatic rings. The molecule has 1 fully saturated rings. The van der Waals surface area contributed by atoms with Crippen molar-refractivity contribution < 1.29 is 4.74 Å². The molecule has 1 aliphatic rings. The average Bonchev–Trinajstić information content (AvgIpc) is 2.57. The third-order valence-electron chi connectivity index (χ3n) is 3.21. The van der Waals surface area contributed by atoms with Gasteiger partial charge in [0.2, 0.25) is 0 Å². The van der Waals surface area contributed by atoms with Crippen molar-refractivity contribution in [3.63, 3.8) is 0 Å². The monoisotopic (exact) mass is 229 g/mol. The zero-order valence-electron chi connectivity index (χ0n) is 9.76. The third kappa shape index (κ3) is 1.80. The fourth-order valence-corrected chi connectivity index (χ4v) is 2.00. The van der Waals surface area contributed by atoms with Gasteiger partial charge in [-0.05, 0) is 11.6 Å². The van der Waals surface area contributed by atoms with Crippen LogP contribution < -0.4 is 5.73 Å². The van der Waals surface area contributed by atoms with E-state index in [0.717, 1.165) is 24.5 Å². The lowest BCUT2D eigenvalue weighted by Gasteiger charge is -2.26. The summed E-state index contributed by atoms with van der Waals surface area (Å²) in [6.45, 7) is 1.65. The summed E-state index contributed by atoms with van der Waals surface area (Å²) in [7, 11) is 1.85. The molecule has 0 radical (unpaired) electrons. The Morgan fingerprint density at radius 1 is 1.35 bits per heavy atom. The number of aryl methyl sites for hydroxylation is 1. The highest BCUT2D eigenvalue weighted by atomic mass is 16.5. The number of aromatic nitrogens is 2. The normalized spacial score (nSPS) is 15.8. The predicted octanol–water partition coefficient (Wildman–Crippen LogP) is 1.78. The molecule has 2 N–H and O–H groups in total. The summed E-state index contributed by atoms with van der Waals surface area (Å²) in [6.07, 6.45) is 0. The Hall–Kier alpha value is -1.81. The van der Waals surface area contributed by atoms with Crippen LogP contribution in [0.1, 0.15) is 11.5 Å². The molecule has 4 nitrogen and oxygen atoms in total. The first kappa shape index (κ1) is 10.4. The molecule has 0 bridgehead atoms. The molecule has 17 heavy (non-hydrogen) atoms. The molecule has 0 spiro atoms. The molecule has 1 aromatic heterocycles. The minimum atomic E-state index is 0.538. The molecule has 0 unspecified atom stereocenters. The largest absolute Gasteiger partial charge is 0.384 e. The van der Waals surface area contributed by atoms with Gasteiger partial charge in [-0.25, -0.2) is 0 Å². The highest BCUT2D eigenvalue weighted by molar-refractivity contribution is 5.63. The van der Waals surface area contributed by atoms with Gasteiger partial charge in [-0.15, -0.1) is 0 Å². The van der Waals surface area contributed by atoms with Gasteiger partial charge in [0.05, 0.1) is 18.9 Å². The van der Waals surface area contributed by atoms with Gasteiger partial charge in [0.25, 0.3) is 0 Å². The number of hydrogen-bond donors (Lipinski definition) is 1. The van der Waals surface area contributed by atoms with Crippen LogP contribution in [0.15, 0.2) is 30.3 Å². The van der Waals surface area contributed by atoms with Gasteiger partial charge in [-0.3, -0.25) is 4.68 Å². The number of benzene rings is 1. The smallest absolute Gasteiger partial charge is 0.121 e. The number of nitrogens with two attached hydrogens (primary N) is 1. The molecule has 2 heterocycles. The summed E-state index contributed by atoms with van der Waals surface area (Å²) in [5.41, 5.74) is 9.15. The molecule has 1 aromatic carbocycles. The summed E-state index contributed by atoms with van der Waals surface area (Å²) < 4.78 is 6.91. The van der Waals surface area contributed by atoms with Crippen molar-refractivity contribution in [2.24, 2.45) is 7.05 Å². The molecule has 1 aliphatic heterocycles. The molecule has 3 rings (SSSR count). The summed E-state index contributed by atoms with van der Waals surface area (Å²) in [4.78, 5) is 0. The van der Waals surface area contributed by atoms with E-state index in [-0.39, 0.29) is 0 Å². The van der Waals surface area contributed by atoms with Gasteiger partial charge >= 0.3 is 0 Å². The van der Waals surface area contributed by atoms with Gasteiger partial charge in [-0.1, -0.05) is 18.2 Å². The van der Waals surface area contributed by atoms with Gasteiger partial charge in [-0.2, -0.15) is 5.10 Å². The lowest BCUT2D eigenvalue weighted by Crippen LogP contribution is -2.24. The van der Waals surface area contributed by atoms with Gasteiger partial charge in [0, 0.05) is 24.6 Å². The lowest BCUT2D eigenvalue weighted by atomic mass is 9.95. The number of nitrogens with zero attached hydrogens (tertiary/aromatic N) is 2. The van der Waals surface area contributed by atoms with Gasteiger partial charge in [0.15, 0.2) is 0 Å². The van der Waals surface area contributed by atoms with Crippen LogP contribution in [0.2, 0.25) is 0 Å². The van der Waals surface area contributed by atoms with Crippen molar-refractivity contribution in [3.8, 4) is 11.3 Å². The maximum absolute atomic E-state index is 5.79. The van der Waals surface area contributed by atoms with E-state index in [1.54, 1.807) is 4.68 Å². The molecule has 88 valence electrons. The van der Waals surface area contributed by atoms with E-state index in [1.807, 2.05) is 13.1 Å². The van der Waals surface area contributed by atoms with Crippen molar-refractivity contribution in [3.05, 3.63) is 35.9 Å². The van der Waals surface area contributed by atoms with E-state index in [4.69, 9.17) is 10.5 Å². The Bertz CT molecular complexity index is 524. The molecule has 0 aliphatic carbocycles. The summed E-state index contributed by atoms with van der Waals surface area (Å²) in [5.74, 6) is 1.22. The first-order chi connectivity index (χ1) is 8.24. The maximum atomic E-state index is 5.79. The van der Waals surface area contributed by atoms with Crippen LogP contribution in [-0.4, -0.2) is 23.0 Å². The SMILES string of the molecule is Cn1nc(-c2cccc(C3COC3)c2)cc1N. The molecular weight excluding hydrogens is 214 g/mol. The first-order valence-corrected chi connectivity index (χ1v) is 5.71. The van der Waals surface area contributed by atoms with Crippen molar-refractivity contribution in [1.82, 2.24) is 9.78 Å². The van der Waals surface area contributed by atoms with E-state index < -0.39 is 0 Å². The number of nitrogen functional groups attached to an aromatic ring is 1. The first-order valence-electron chi connectivity index (χ1n) is 5.71. The van der Waals surface area contributed by atoms with Crippen molar-refractivity contribution in [1.29, 1.82) is 0 Å². The van der Waals surface area contributed by atoms with E-state index in [2.05, 4.69) is 29.4 Å². The second-order valence-corrected chi connectivity index (χ2v) is 4.44. The van der Waals surface area contributed by atoms with Crippen LogP contribution in [-0.2, 0) is 11.8 Å². The van der Waals surface area contributed by atoms with Crippen LogP contribution >= 0.6 is 0 Å². The molecule has 4 heteroatoms. The molecule has 0 atom stereocenters. The van der Waals surface area contributed by atoms with Crippen molar-refractivity contribution >= 4 is 5.82 Å². The van der Waals surface area contributed by atoms with Crippen LogP contribution in [0.25, 0.3) is 11.3 Å². The van der Waals surface area contributed by atoms with Crippen molar-refractivity contribution in [2.75, 3.05) is 18.9 Å². The number of rotatable bonds is 2. The lowest BCUT2D eigenvalue weighted by molar-refractivity contribution is 0.00844. The van der Waals surface area contributed by atoms with Crippen LogP contribution in [0.4, 0.5) is 5.82 Å². The summed E-state index contributed by atoms with van der Waals surface area (Å²) in [6, 6.07) is 10.3. The van der Waals surface area contributed by atoms with Gasteiger partial charge < -0.3 is 10.5 Å². The second kappa shape index (κ2) is 3.89. The highest BCUT2D eigenvalue weighted by Crippen LogP contribution is 2.28. The standard InChI is InChI=1S/C13H15N3O/c1-16-13(14)6-12(15-16)10-4-2-3-9(5-10)11-7-17-8-11/h2-6,11H,7-8,14H2,1H3. The third-order valence-corrected chi connectivity index (χ3v) is 3.21. The Labute approximate surface area is 100 Å². The van der Waals surface area contributed by atoms with E-state index >= 15 is 0 Å². The van der Waals surface area contributed by atoms with Crippen LogP contribution in [0.5, 0.6) is 0 Å². The Kier molecular flexibility index (Phi) is 2.37. The minimum Gasteiger partial charge on any atom is -0.384 e. The molecule has 0 saturated carbocycles. The van der Waals surface area contributed by atoms with E-state index in [1.165, 1.54) is 5.56 Å². The summed E-state index contributed by atoms with van der Waals surface area (Å²) >= 11 is 0. The number of anilines is 1. The predicted molar refractivity (Wildman–Crippen MR) is 66.6 cm³/mol. The molecule has 0 amide bonds. The fourth-order valence-electron chi connectivity index (χ4n) is 2.00. The maximum Gasteiger partial charge on any atom is 0.121 e. The van der Waals surface area contributed by atoms with E-state index in [9.17, 15) is 0 Å². The number of ether oxygens (including phenoxy) is 1. The minimum absolute atomic E-state index is 0.538. The quantitative estimate of drug-likeness (QED) is 0.854. The topological polar surface area (TPSA) is 53.1 Å². The summed E-state index contributed by atoms with van der Waals surface area (Å²) in [5, 5.41) is 4.39. The highest BCUT2D eigenvalue weighted by Gasteiger charge is 2.20. The van der Waals surface area contributed by atoms with Crippen LogP contribution in [0.3, 0.4) is 0 Å². The Balaban J connectivity index is 1.96. The molecular formula is C13H15N3O. The number of hydrogen-bond acceptors (Lipinski definition) is 3. The van der Waals surface area contributed by atoms with Gasteiger partial charge in [0.1, 0.15) is 5.82 Å². The Morgan fingerprint density at radius 3 is 2.76 bits per heavy atom. The average molecular weight is 229 g/mol. The zero-order chi connectivity index (χ0) is 11.8. The fraction of sp³-hybridized carbons (Fsp3) is 0.308. The second-order valence-electron chi connectivity index (χ2n) is 4.44.